The molecule has 0 aliphatic rings. The molecular formula is C19H13F7N2O2S. The highest BCUT2D eigenvalue weighted by Crippen LogP contribution is 2.39. The number of sulfone groups is 1. The highest BCUT2D eigenvalue weighted by atomic mass is 32.2. The highest BCUT2D eigenvalue weighted by molar-refractivity contribution is 7.90. The van der Waals surface area contributed by atoms with Crippen LogP contribution in [-0.4, -0.2) is 24.6 Å². The van der Waals surface area contributed by atoms with Crippen LogP contribution in [0.4, 0.5) is 30.7 Å². The van der Waals surface area contributed by atoms with Crippen molar-refractivity contribution in [2.75, 3.05) is 6.26 Å². The molecule has 12 heteroatoms. The van der Waals surface area contributed by atoms with Crippen LogP contribution in [0.25, 0.3) is 22.5 Å². The van der Waals surface area contributed by atoms with E-state index in [1.54, 1.807) is 0 Å². The van der Waals surface area contributed by atoms with Gasteiger partial charge in [0.15, 0.2) is 15.7 Å². The van der Waals surface area contributed by atoms with Crippen molar-refractivity contribution >= 4 is 9.84 Å². The Balaban J connectivity index is 2.29. The first-order valence-corrected chi connectivity index (χ1v) is 10.3. The molecule has 0 saturated heterocycles. The number of imidazole rings is 1. The average Bonchev–Trinajstić information content (AvgIpc) is 3.07. The summed E-state index contributed by atoms with van der Waals surface area (Å²) in [7, 11) is -4.14. The minimum atomic E-state index is -4.75. The number of nitrogens with one attached hydrogen (secondary N) is 1. The average molecular weight is 466 g/mol. The van der Waals surface area contributed by atoms with Crippen LogP contribution in [0, 0.1) is 18.6 Å². The van der Waals surface area contributed by atoms with Crippen molar-refractivity contribution < 1.29 is 39.2 Å². The topological polar surface area (TPSA) is 62.8 Å². The van der Waals surface area contributed by atoms with Gasteiger partial charge in [0, 0.05) is 17.4 Å². The zero-order valence-electron chi connectivity index (χ0n) is 15.8. The zero-order chi connectivity index (χ0) is 23.3. The molecule has 0 aliphatic heterocycles. The molecule has 0 unspecified atom stereocenters. The third kappa shape index (κ3) is 4.43. The van der Waals surface area contributed by atoms with Crippen LogP contribution in [0.3, 0.4) is 0 Å². The molecule has 1 N–H and O–H groups in total. The number of aryl methyl sites for hydroxylation is 1. The molecule has 4 nitrogen and oxygen atoms in total. The van der Waals surface area contributed by atoms with Gasteiger partial charge in [-0.05, 0) is 30.7 Å². The normalized spacial score (nSPS) is 12.6. The van der Waals surface area contributed by atoms with E-state index in [0.29, 0.717) is 24.5 Å². The summed E-state index contributed by atoms with van der Waals surface area (Å²) in [6.45, 7) is 1.20. The van der Waals surface area contributed by atoms with Gasteiger partial charge >= 0.3 is 6.18 Å². The summed E-state index contributed by atoms with van der Waals surface area (Å²) in [6.07, 6.45) is -7.30. The Kier molecular flexibility index (Phi) is 5.63. The Morgan fingerprint density at radius 1 is 1.03 bits per heavy atom. The van der Waals surface area contributed by atoms with E-state index < -0.39 is 67.3 Å². The van der Waals surface area contributed by atoms with E-state index in [9.17, 15) is 39.2 Å². The predicted octanol–water partition coefficient (Wildman–Crippen LogP) is 5.69. The van der Waals surface area contributed by atoms with Gasteiger partial charge in [0.2, 0.25) is 0 Å². The predicted molar refractivity (Wildman–Crippen MR) is 97.2 cm³/mol. The molecule has 0 saturated carbocycles. The van der Waals surface area contributed by atoms with Crippen LogP contribution >= 0.6 is 0 Å². The zero-order valence-corrected chi connectivity index (χ0v) is 16.6. The first kappa shape index (κ1) is 22.8. The maximum absolute atomic E-state index is 14.6. The van der Waals surface area contributed by atoms with Crippen molar-refractivity contribution in [1.82, 2.24) is 9.97 Å². The number of rotatable bonds is 4. The number of hydrogen-bond donors (Lipinski definition) is 1. The molecule has 0 bridgehead atoms. The summed E-state index contributed by atoms with van der Waals surface area (Å²) in [5.74, 6) is -3.66. The lowest BCUT2D eigenvalue weighted by molar-refractivity contribution is -0.138. The molecule has 0 spiro atoms. The minimum absolute atomic E-state index is 0.138. The second kappa shape index (κ2) is 7.66. The van der Waals surface area contributed by atoms with Crippen LogP contribution < -0.4 is 0 Å². The molecule has 3 aromatic rings. The third-order valence-corrected chi connectivity index (χ3v) is 5.55. The van der Waals surface area contributed by atoms with Gasteiger partial charge in [-0.15, -0.1) is 0 Å². The van der Waals surface area contributed by atoms with E-state index in [0.717, 1.165) is 6.07 Å². The number of aromatic nitrogens is 2. The van der Waals surface area contributed by atoms with Crippen molar-refractivity contribution in [2.24, 2.45) is 0 Å². The van der Waals surface area contributed by atoms with E-state index in [2.05, 4.69) is 9.97 Å². The summed E-state index contributed by atoms with van der Waals surface area (Å²) in [4.78, 5) is 4.71. The molecule has 1 heterocycles. The number of alkyl halides is 5. The number of benzene rings is 2. The second-order valence-corrected chi connectivity index (χ2v) is 8.69. The van der Waals surface area contributed by atoms with Gasteiger partial charge in [-0.1, -0.05) is 12.1 Å². The van der Waals surface area contributed by atoms with Crippen LogP contribution in [0.5, 0.6) is 0 Å². The van der Waals surface area contributed by atoms with E-state index >= 15 is 0 Å². The fraction of sp³-hybridized carbons (Fsp3) is 0.211. The monoisotopic (exact) mass is 466 g/mol. The fourth-order valence-electron chi connectivity index (χ4n) is 2.98. The van der Waals surface area contributed by atoms with Crippen molar-refractivity contribution in [3.05, 3.63) is 58.9 Å². The third-order valence-electron chi connectivity index (χ3n) is 4.44. The number of H-pyrrole nitrogens is 1. The van der Waals surface area contributed by atoms with Crippen molar-refractivity contribution in [2.45, 2.75) is 24.4 Å². The van der Waals surface area contributed by atoms with Crippen LogP contribution in [-0.2, 0) is 16.0 Å². The number of nitrogens with zero attached hydrogens (tertiary/aromatic N) is 1. The smallest absolute Gasteiger partial charge is 0.337 e. The van der Waals surface area contributed by atoms with Gasteiger partial charge < -0.3 is 4.98 Å². The first-order chi connectivity index (χ1) is 14.2. The van der Waals surface area contributed by atoms with Gasteiger partial charge in [-0.25, -0.2) is 31.0 Å². The van der Waals surface area contributed by atoms with Gasteiger partial charge in [0.25, 0.3) is 6.43 Å². The van der Waals surface area contributed by atoms with Crippen LogP contribution in [0.1, 0.15) is 23.4 Å². The largest absolute Gasteiger partial charge is 0.416 e. The van der Waals surface area contributed by atoms with Crippen molar-refractivity contribution in [3.8, 4) is 22.5 Å². The molecule has 31 heavy (non-hydrogen) atoms. The van der Waals surface area contributed by atoms with E-state index in [1.807, 2.05) is 0 Å². The Morgan fingerprint density at radius 3 is 2.23 bits per heavy atom. The lowest BCUT2D eigenvalue weighted by Crippen LogP contribution is -2.07. The summed E-state index contributed by atoms with van der Waals surface area (Å²) in [6, 6.07) is 3.74. The Labute approximate surface area is 171 Å². The molecule has 3 rings (SSSR count). The van der Waals surface area contributed by atoms with Crippen molar-refractivity contribution in [3.63, 3.8) is 0 Å². The lowest BCUT2D eigenvalue weighted by atomic mass is 9.99. The molecule has 0 amide bonds. The Hall–Kier alpha value is -2.89. The first-order valence-electron chi connectivity index (χ1n) is 8.46. The van der Waals surface area contributed by atoms with Crippen LogP contribution in [0.2, 0.25) is 0 Å². The molecule has 1 aromatic heterocycles. The fourth-order valence-corrected chi connectivity index (χ4v) is 3.71. The summed E-state index contributed by atoms with van der Waals surface area (Å²) < 4.78 is 118. The standard InChI is InChI=1S/C19H13F7N2O2S/c1-8-3-4-9(5-11(8)19(24,25)26)15-16(28-18(27-15)17(22)23)10-6-13(21)14(7-12(10)20)31(2,29)30/h3-7,17H,1-2H3,(H,27,28). The van der Waals surface area contributed by atoms with Crippen molar-refractivity contribution in [1.29, 1.82) is 0 Å². The van der Waals surface area contributed by atoms with E-state index in [4.69, 9.17) is 0 Å². The molecule has 0 radical (unpaired) electrons. The number of aromatic amines is 1. The quantitative estimate of drug-likeness (QED) is 0.503. The van der Waals surface area contributed by atoms with E-state index in [-0.39, 0.29) is 11.1 Å². The van der Waals surface area contributed by atoms with Crippen LogP contribution in [0.15, 0.2) is 35.2 Å². The van der Waals surface area contributed by atoms with Gasteiger partial charge in [-0.2, -0.15) is 13.2 Å². The maximum Gasteiger partial charge on any atom is 0.416 e. The molecule has 0 atom stereocenters. The summed E-state index contributed by atoms with van der Waals surface area (Å²) in [5, 5.41) is 0. The second-order valence-electron chi connectivity index (χ2n) is 6.71. The number of halogens is 7. The lowest BCUT2D eigenvalue weighted by Gasteiger charge is -2.12. The molecule has 0 aliphatic carbocycles. The number of hydrogen-bond acceptors (Lipinski definition) is 3. The van der Waals surface area contributed by atoms with Gasteiger partial charge in [0.05, 0.1) is 17.0 Å². The minimum Gasteiger partial charge on any atom is -0.337 e. The van der Waals surface area contributed by atoms with Gasteiger partial charge in [-0.3, -0.25) is 0 Å². The summed E-state index contributed by atoms with van der Waals surface area (Å²) >= 11 is 0. The molecule has 166 valence electrons. The van der Waals surface area contributed by atoms with E-state index in [1.165, 1.54) is 13.0 Å². The molecular weight excluding hydrogens is 453 g/mol. The SMILES string of the molecule is Cc1ccc(-c2[nH]c(C(F)F)nc2-c2cc(F)c(S(C)(=O)=O)cc2F)cc1C(F)(F)F. The summed E-state index contributed by atoms with van der Waals surface area (Å²) in [5.41, 5.74) is -3.14. The maximum atomic E-state index is 14.6. The highest BCUT2D eigenvalue weighted by Gasteiger charge is 2.33. The van der Waals surface area contributed by atoms with Gasteiger partial charge in [0.1, 0.15) is 16.5 Å². The molecule has 2 aromatic carbocycles. The Morgan fingerprint density at radius 2 is 1.68 bits per heavy atom. The Bertz CT molecular complexity index is 1260. The molecule has 0 fully saturated rings.